The van der Waals surface area contributed by atoms with Crippen molar-refractivity contribution in [3.05, 3.63) is 76.3 Å². The number of rotatable bonds is 14. The molecule has 13 nitrogen and oxygen atoms in total. The lowest BCUT2D eigenvalue weighted by Gasteiger charge is -2.36. The molecule has 64 heavy (non-hydrogen) atoms. The van der Waals surface area contributed by atoms with Crippen molar-refractivity contribution in [1.82, 2.24) is 24.9 Å². The number of sulfonamides is 1. The zero-order valence-electron chi connectivity index (χ0n) is 36.8. The van der Waals surface area contributed by atoms with Gasteiger partial charge in [-0.3, -0.25) is 19.1 Å². The van der Waals surface area contributed by atoms with Crippen LogP contribution in [0.3, 0.4) is 0 Å². The SMILES string of the molecule is C=CC1CC1(NC(=O)C1CC(Oc2cc(-c3nc(C(C)C)cs3)nc3c(C)c(OC)ccc23)CN1C(=O)C(Nc1cc(Cl)cc(C(F)(F)F)c1)C(C)(C)C)C(=O)NS(=O)(=O)C1(C)CC1. The molecule has 2 saturated carbocycles. The third kappa shape index (κ3) is 9.14. The maximum Gasteiger partial charge on any atom is 0.416 e. The summed E-state index contributed by atoms with van der Waals surface area (Å²) in [5.74, 6) is -1.78. The Morgan fingerprint density at radius 2 is 1.78 bits per heavy atom. The standard InChI is InChI=1S/C45H52ClF3N6O7S2/c1-10-25-20-44(25,41(58)54-64(59,60)43(8)13-14-43)53-38(56)33-18-29(21-55(33)40(57)37(42(5,6)7)50-28-16-26(45(47,48)49)15-27(46)17-28)62-35-19-31(39-52-32(22-63-39)23(2)3)51-36-24(4)34(61-9)12-11-30(35)36/h10-12,15-17,19,22-23,25,29,33,37,50H,1,13-14,18,20-21H2,2-9H3,(H,53,56)(H,54,58). The summed E-state index contributed by atoms with van der Waals surface area (Å²) in [6.45, 7) is 16.3. The molecule has 0 bridgehead atoms. The highest BCUT2D eigenvalue weighted by atomic mass is 35.5. The van der Waals surface area contributed by atoms with Crippen LogP contribution in [0.5, 0.6) is 11.5 Å². The number of amides is 3. The second-order valence-corrected chi connectivity index (χ2v) is 22.1. The van der Waals surface area contributed by atoms with Crippen LogP contribution in [0.2, 0.25) is 5.02 Å². The van der Waals surface area contributed by atoms with Gasteiger partial charge in [0.15, 0.2) is 0 Å². The number of aromatic nitrogens is 2. The highest BCUT2D eigenvalue weighted by Gasteiger charge is 2.63. The van der Waals surface area contributed by atoms with Gasteiger partial charge in [-0.1, -0.05) is 52.3 Å². The fourth-order valence-electron chi connectivity index (χ4n) is 7.97. The number of alkyl halides is 3. The molecule has 1 saturated heterocycles. The summed E-state index contributed by atoms with van der Waals surface area (Å²) in [4.78, 5) is 54.6. The van der Waals surface area contributed by atoms with Gasteiger partial charge in [0, 0.05) is 45.4 Å². The Balaban J connectivity index is 1.27. The number of nitrogens with zero attached hydrogens (tertiary/aromatic N) is 3. The molecular formula is C45H52ClF3N6O7S2. The van der Waals surface area contributed by atoms with E-state index in [1.165, 1.54) is 35.3 Å². The molecule has 3 amide bonds. The van der Waals surface area contributed by atoms with Crippen LogP contribution in [-0.4, -0.2) is 83.1 Å². The van der Waals surface area contributed by atoms with Crippen molar-refractivity contribution in [2.24, 2.45) is 11.3 Å². The van der Waals surface area contributed by atoms with E-state index in [0.717, 1.165) is 23.4 Å². The fourth-order valence-corrected chi connectivity index (χ4v) is 10.5. The highest BCUT2D eigenvalue weighted by molar-refractivity contribution is 7.91. The van der Waals surface area contributed by atoms with E-state index >= 15 is 4.79 Å². The number of carbonyl (C=O) groups excluding carboxylic acids is 3. The summed E-state index contributed by atoms with van der Waals surface area (Å²) in [6, 6.07) is 5.76. The topological polar surface area (TPSA) is 169 Å². The predicted molar refractivity (Wildman–Crippen MR) is 240 cm³/mol. The van der Waals surface area contributed by atoms with Gasteiger partial charge in [-0.15, -0.1) is 17.9 Å². The number of aryl methyl sites for hydroxylation is 1. The lowest BCUT2D eigenvalue weighted by Crippen LogP contribution is -2.59. The molecule has 5 unspecified atom stereocenters. The molecule has 2 aromatic carbocycles. The zero-order chi connectivity index (χ0) is 46.9. The van der Waals surface area contributed by atoms with Gasteiger partial charge in [0.2, 0.25) is 21.8 Å². The number of benzene rings is 2. The van der Waals surface area contributed by atoms with E-state index in [1.807, 2.05) is 26.2 Å². The minimum Gasteiger partial charge on any atom is -0.496 e. The maximum atomic E-state index is 15.0. The van der Waals surface area contributed by atoms with Crippen LogP contribution in [0.25, 0.3) is 21.6 Å². The smallest absolute Gasteiger partial charge is 0.416 e. The number of halogens is 4. The van der Waals surface area contributed by atoms with Gasteiger partial charge in [0.25, 0.3) is 5.91 Å². The van der Waals surface area contributed by atoms with Crippen molar-refractivity contribution in [1.29, 1.82) is 0 Å². The second kappa shape index (κ2) is 16.8. The van der Waals surface area contributed by atoms with Gasteiger partial charge < -0.3 is 25.0 Å². The Morgan fingerprint density at radius 1 is 1.08 bits per heavy atom. The number of hydrogen-bond donors (Lipinski definition) is 3. The van der Waals surface area contributed by atoms with Crippen molar-refractivity contribution < 1.29 is 45.4 Å². The van der Waals surface area contributed by atoms with Crippen LogP contribution in [0.15, 0.2) is 54.4 Å². The number of fused-ring (bicyclic) bond motifs is 1. The van der Waals surface area contributed by atoms with Crippen LogP contribution in [0, 0.1) is 18.3 Å². The van der Waals surface area contributed by atoms with Crippen molar-refractivity contribution in [3.63, 3.8) is 0 Å². The number of pyridine rings is 1. The summed E-state index contributed by atoms with van der Waals surface area (Å²) in [5.41, 5.74) is -0.977. The van der Waals surface area contributed by atoms with E-state index in [4.69, 9.17) is 31.0 Å². The van der Waals surface area contributed by atoms with Gasteiger partial charge in [-0.25, -0.2) is 18.4 Å². The lowest BCUT2D eigenvalue weighted by atomic mass is 9.85. The average molecular weight is 946 g/mol. The van der Waals surface area contributed by atoms with Crippen LogP contribution >= 0.6 is 22.9 Å². The average Bonchev–Trinajstić information content (AvgIpc) is 3.99. The molecule has 2 aliphatic carbocycles. The van der Waals surface area contributed by atoms with E-state index < -0.39 is 79.3 Å². The molecular weight excluding hydrogens is 893 g/mol. The van der Waals surface area contributed by atoms with Crippen LogP contribution in [0.1, 0.15) is 90.0 Å². The van der Waals surface area contributed by atoms with Gasteiger partial charge in [0.05, 0.1) is 35.2 Å². The second-order valence-electron chi connectivity index (χ2n) is 18.6. The molecule has 4 aromatic rings. The van der Waals surface area contributed by atoms with Gasteiger partial charge in [-0.05, 0) is 74.8 Å². The van der Waals surface area contributed by atoms with Crippen molar-refractivity contribution in [2.75, 3.05) is 19.0 Å². The van der Waals surface area contributed by atoms with Crippen LogP contribution in [0.4, 0.5) is 18.9 Å². The number of anilines is 1. The molecule has 1 aliphatic heterocycles. The van der Waals surface area contributed by atoms with E-state index in [0.29, 0.717) is 45.9 Å². The number of hydrogen-bond acceptors (Lipinski definition) is 11. The summed E-state index contributed by atoms with van der Waals surface area (Å²) >= 11 is 7.57. The molecule has 19 heteroatoms. The lowest BCUT2D eigenvalue weighted by molar-refractivity contribution is -0.141. The van der Waals surface area contributed by atoms with E-state index in [-0.39, 0.29) is 36.0 Å². The Bertz CT molecular complexity index is 2650. The summed E-state index contributed by atoms with van der Waals surface area (Å²) in [5, 5.41) is 8.80. The molecule has 0 spiro atoms. The van der Waals surface area contributed by atoms with Gasteiger partial charge >= 0.3 is 6.18 Å². The first kappa shape index (κ1) is 47.0. The zero-order valence-corrected chi connectivity index (χ0v) is 39.2. The van der Waals surface area contributed by atoms with E-state index in [9.17, 15) is 31.2 Å². The summed E-state index contributed by atoms with van der Waals surface area (Å²) < 4.78 is 81.5. The van der Waals surface area contributed by atoms with E-state index in [1.54, 1.807) is 46.1 Å². The largest absolute Gasteiger partial charge is 0.496 e. The third-order valence-corrected chi connectivity index (χ3v) is 15.6. The molecule has 3 N–H and O–H groups in total. The first-order valence-electron chi connectivity index (χ1n) is 20.9. The first-order valence-corrected chi connectivity index (χ1v) is 23.6. The monoisotopic (exact) mass is 944 g/mol. The van der Waals surface area contributed by atoms with Gasteiger partial charge in [0.1, 0.15) is 45.9 Å². The molecule has 0 radical (unpaired) electrons. The number of thiazole rings is 1. The minimum atomic E-state index is -4.73. The Morgan fingerprint density at radius 3 is 2.36 bits per heavy atom. The van der Waals surface area contributed by atoms with Crippen molar-refractivity contribution in [3.8, 4) is 22.2 Å². The van der Waals surface area contributed by atoms with Crippen LogP contribution < -0.4 is 24.8 Å². The Hall–Kier alpha value is -4.94. The third-order valence-electron chi connectivity index (χ3n) is 12.4. The number of ether oxygens (including phenoxy) is 2. The number of nitrogens with one attached hydrogen (secondary N) is 3. The molecule has 344 valence electrons. The fraction of sp³-hybridized carbons (Fsp3) is 0.489. The van der Waals surface area contributed by atoms with Crippen LogP contribution in [-0.2, 0) is 30.6 Å². The normalized spacial score (nSPS) is 22.2. The molecule has 3 heterocycles. The molecule has 3 fully saturated rings. The first-order chi connectivity index (χ1) is 29.8. The molecule has 5 atom stereocenters. The van der Waals surface area contributed by atoms with Gasteiger partial charge in [-0.2, -0.15) is 13.2 Å². The quantitative estimate of drug-likeness (QED) is 0.104. The number of likely N-dealkylation sites (tertiary alicyclic amines) is 1. The molecule has 7 rings (SSSR count). The summed E-state index contributed by atoms with van der Waals surface area (Å²) in [7, 11) is -2.53. The molecule has 2 aromatic heterocycles. The number of methoxy groups -OCH3 is 1. The Kier molecular flexibility index (Phi) is 12.4. The maximum absolute atomic E-state index is 15.0. The summed E-state index contributed by atoms with van der Waals surface area (Å²) in [6.07, 6.45) is -3.38. The van der Waals surface area contributed by atoms with E-state index in [2.05, 4.69) is 21.9 Å². The predicted octanol–water partition coefficient (Wildman–Crippen LogP) is 8.41. The Labute approximate surface area is 379 Å². The molecule has 3 aliphatic rings. The van der Waals surface area contributed by atoms with Crippen molar-refractivity contribution in [2.45, 2.75) is 115 Å². The highest BCUT2D eigenvalue weighted by Crippen LogP contribution is 2.47. The number of carbonyl (C=O) groups is 3. The minimum absolute atomic E-state index is 0.0628. The van der Waals surface area contributed by atoms with Crippen molar-refractivity contribution >= 4 is 67.3 Å².